The van der Waals surface area contributed by atoms with E-state index >= 15 is 0 Å². The lowest BCUT2D eigenvalue weighted by Gasteiger charge is -2.30. The SMILES string of the molecule is CC(C)(C)c1nsc(N2CCOC(C(=O)O)C2)n1. The molecule has 1 aromatic heterocycles. The van der Waals surface area contributed by atoms with Gasteiger partial charge in [0, 0.05) is 23.5 Å². The second-order valence-electron chi connectivity index (χ2n) is 5.29. The zero-order valence-corrected chi connectivity index (χ0v) is 11.5. The van der Waals surface area contributed by atoms with Gasteiger partial charge in [-0.3, -0.25) is 0 Å². The quantitative estimate of drug-likeness (QED) is 0.869. The van der Waals surface area contributed by atoms with Gasteiger partial charge in [0.2, 0.25) is 5.13 Å². The van der Waals surface area contributed by atoms with Gasteiger partial charge in [-0.15, -0.1) is 0 Å². The number of carboxylic acid groups (broad SMARTS) is 1. The minimum atomic E-state index is -0.930. The average molecular weight is 271 g/mol. The summed E-state index contributed by atoms with van der Waals surface area (Å²) in [5.74, 6) is -0.138. The van der Waals surface area contributed by atoms with Crippen LogP contribution in [0, 0.1) is 0 Å². The molecule has 18 heavy (non-hydrogen) atoms. The highest BCUT2D eigenvalue weighted by Gasteiger charge is 2.29. The van der Waals surface area contributed by atoms with Crippen molar-refractivity contribution in [1.82, 2.24) is 9.36 Å². The van der Waals surface area contributed by atoms with Crippen molar-refractivity contribution in [3.63, 3.8) is 0 Å². The van der Waals surface area contributed by atoms with Crippen LogP contribution in [0.2, 0.25) is 0 Å². The number of anilines is 1. The Morgan fingerprint density at radius 1 is 1.56 bits per heavy atom. The van der Waals surface area contributed by atoms with E-state index in [1.807, 2.05) is 4.90 Å². The summed E-state index contributed by atoms with van der Waals surface area (Å²) in [6.45, 7) is 7.55. The standard InChI is InChI=1S/C11H17N3O3S/c1-11(2,3)9-12-10(18-13-9)14-4-5-17-7(6-14)8(15)16/h7H,4-6H2,1-3H3,(H,15,16). The molecule has 100 valence electrons. The van der Waals surface area contributed by atoms with Gasteiger partial charge in [0.1, 0.15) is 5.82 Å². The fourth-order valence-corrected chi connectivity index (χ4v) is 2.51. The van der Waals surface area contributed by atoms with E-state index < -0.39 is 12.1 Å². The second-order valence-corrected chi connectivity index (χ2v) is 6.02. The van der Waals surface area contributed by atoms with E-state index in [2.05, 4.69) is 30.1 Å². The molecule has 1 fully saturated rings. The van der Waals surface area contributed by atoms with Gasteiger partial charge in [-0.05, 0) is 0 Å². The highest BCUT2D eigenvalue weighted by Crippen LogP contribution is 2.26. The van der Waals surface area contributed by atoms with Gasteiger partial charge < -0.3 is 14.7 Å². The number of carboxylic acids is 1. The number of morpholine rings is 1. The molecule has 0 spiro atoms. The maximum Gasteiger partial charge on any atom is 0.334 e. The van der Waals surface area contributed by atoms with Crippen LogP contribution >= 0.6 is 11.5 Å². The zero-order chi connectivity index (χ0) is 13.3. The van der Waals surface area contributed by atoms with E-state index in [0.717, 1.165) is 11.0 Å². The number of hydrogen-bond acceptors (Lipinski definition) is 6. The first-order valence-electron chi connectivity index (χ1n) is 5.81. The van der Waals surface area contributed by atoms with Crippen LogP contribution in [0.4, 0.5) is 5.13 Å². The van der Waals surface area contributed by atoms with E-state index in [1.54, 1.807) is 0 Å². The number of aliphatic carboxylic acids is 1. The third kappa shape index (κ3) is 2.78. The topological polar surface area (TPSA) is 75.6 Å². The third-order valence-electron chi connectivity index (χ3n) is 2.70. The van der Waals surface area contributed by atoms with E-state index in [-0.39, 0.29) is 5.41 Å². The first-order chi connectivity index (χ1) is 8.38. The lowest BCUT2D eigenvalue weighted by molar-refractivity contribution is -0.150. The molecular formula is C11H17N3O3S. The normalized spacial score (nSPS) is 21.1. The number of rotatable bonds is 2. The summed E-state index contributed by atoms with van der Waals surface area (Å²) < 4.78 is 9.51. The summed E-state index contributed by atoms with van der Waals surface area (Å²) in [7, 11) is 0. The van der Waals surface area contributed by atoms with E-state index in [0.29, 0.717) is 19.7 Å². The van der Waals surface area contributed by atoms with Crippen LogP contribution in [0.5, 0.6) is 0 Å². The Kier molecular flexibility index (Phi) is 3.54. The van der Waals surface area contributed by atoms with Crippen molar-refractivity contribution in [1.29, 1.82) is 0 Å². The minimum absolute atomic E-state index is 0.0900. The molecule has 0 radical (unpaired) electrons. The van der Waals surface area contributed by atoms with Gasteiger partial charge in [0.25, 0.3) is 0 Å². The zero-order valence-electron chi connectivity index (χ0n) is 10.7. The lowest BCUT2D eigenvalue weighted by Crippen LogP contribution is -2.46. The first-order valence-corrected chi connectivity index (χ1v) is 6.59. The predicted octanol–water partition coefficient (Wildman–Crippen LogP) is 1.13. The van der Waals surface area contributed by atoms with Gasteiger partial charge in [-0.1, -0.05) is 20.8 Å². The van der Waals surface area contributed by atoms with Gasteiger partial charge in [-0.25, -0.2) is 9.78 Å². The fourth-order valence-electron chi connectivity index (χ4n) is 1.62. The Labute approximate surface area is 110 Å². The molecular weight excluding hydrogens is 254 g/mol. The molecule has 1 saturated heterocycles. The summed E-state index contributed by atoms with van der Waals surface area (Å²) in [6, 6.07) is 0. The molecule has 1 aliphatic rings. The summed E-state index contributed by atoms with van der Waals surface area (Å²) in [6.07, 6.45) is -0.777. The molecule has 1 aromatic rings. The van der Waals surface area contributed by atoms with Crippen LogP contribution in [0.25, 0.3) is 0 Å². The van der Waals surface area contributed by atoms with Crippen LogP contribution < -0.4 is 4.90 Å². The molecule has 0 aromatic carbocycles. The number of carbonyl (C=O) groups is 1. The van der Waals surface area contributed by atoms with Crippen molar-refractivity contribution in [2.75, 3.05) is 24.6 Å². The van der Waals surface area contributed by atoms with Crippen LogP contribution in [0.1, 0.15) is 26.6 Å². The Hall–Kier alpha value is -1.21. The van der Waals surface area contributed by atoms with Gasteiger partial charge in [0.05, 0.1) is 13.2 Å². The molecule has 0 amide bonds. The van der Waals surface area contributed by atoms with Crippen molar-refractivity contribution < 1.29 is 14.6 Å². The smallest absolute Gasteiger partial charge is 0.334 e. The predicted molar refractivity (Wildman–Crippen MR) is 68.2 cm³/mol. The fraction of sp³-hybridized carbons (Fsp3) is 0.727. The third-order valence-corrected chi connectivity index (χ3v) is 3.48. The van der Waals surface area contributed by atoms with Gasteiger partial charge in [0.15, 0.2) is 6.10 Å². The second kappa shape index (κ2) is 4.81. The highest BCUT2D eigenvalue weighted by molar-refractivity contribution is 7.09. The molecule has 1 unspecified atom stereocenters. The number of hydrogen-bond donors (Lipinski definition) is 1. The average Bonchev–Trinajstić information content (AvgIpc) is 2.78. The Bertz CT molecular complexity index is 441. The van der Waals surface area contributed by atoms with E-state index in [9.17, 15) is 4.79 Å². The Morgan fingerprint density at radius 3 is 2.83 bits per heavy atom. The molecule has 2 heterocycles. The van der Waals surface area contributed by atoms with Crippen molar-refractivity contribution in [2.24, 2.45) is 0 Å². The monoisotopic (exact) mass is 271 g/mol. The Morgan fingerprint density at radius 2 is 2.28 bits per heavy atom. The largest absolute Gasteiger partial charge is 0.479 e. The van der Waals surface area contributed by atoms with E-state index in [1.165, 1.54) is 11.5 Å². The van der Waals surface area contributed by atoms with Gasteiger partial charge in [-0.2, -0.15) is 4.37 Å². The molecule has 1 aliphatic heterocycles. The van der Waals surface area contributed by atoms with Crippen molar-refractivity contribution >= 4 is 22.6 Å². The van der Waals surface area contributed by atoms with Gasteiger partial charge >= 0.3 is 5.97 Å². The van der Waals surface area contributed by atoms with Crippen LogP contribution in [-0.2, 0) is 14.9 Å². The molecule has 0 bridgehead atoms. The van der Waals surface area contributed by atoms with Crippen LogP contribution in [-0.4, -0.2) is 46.2 Å². The number of ether oxygens (including phenoxy) is 1. The summed E-state index contributed by atoms with van der Waals surface area (Å²) in [5, 5.41) is 9.73. The van der Waals surface area contributed by atoms with Crippen molar-refractivity contribution in [2.45, 2.75) is 32.3 Å². The van der Waals surface area contributed by atoms with E-state index in [4.69, 9.17) is 9.84 Å². The molecule has 6 nitrogen and oxygen atoms in total. The molecule has 7 heteroatoms. The summed E-state index contributed by atoms with van der Waals surface area (Å²) >= 11 is 1.31. The first kappa shape index (κ1) is 13.2. The number of aromatic nitrogens is 2. The maximum atomic E-state index is 10.9. The maximum absolute atomic E-state index is 10.9. The van der Waals surface area contributed by atoms with Crippen LogP contribution in [0.15, 0.2) is 0 Å². The summed E-state index contributed by atoms with van der Waals surface area (Å²) in [5.41, 5.74) is -0.0900. The lowest BCUT2D eigenvalue weighted by atomic mass is 9.96. The molecule has 1 atom stereocenters. The molecule has 0 saturated carbocycles. The molecule has 1 N–H and O–H groups in total. The summed E-state index contributed by atoms with van der Waals surface area (Å²) in [4.78, 5) is 17.3. The Balaban J connectivity index is 2.12. The van der Waals surface area contributed by atoms with Crippen molar-refractivity contribution in [3.05, 3.63) is 5.82 Å². The highest BCUT2D eigenvalue weighted by atomic mass is 32.1. The minimum Gasteiger partial charge on any atom is -0.479 e. The molecule has 0 aliphatic carbocycles. The van der Waals surface area contributed by atoms with Crippen LogP contribution in [0.3, 0.4) is 0 Å². The number of nitrogens with zero attached hydrogens (tertiary/aromatic N) is 3. The molecule has 2 rings (SSSR count). The van der Waals surface area contributed by atoms with Crippen molar-refractivity contribution in [3.8, 4) is 0 Å².